The van der Waals surface area contributed by atoms with Crippen molar-refractivity contribution in [2.75, 3.05) is 18.0 Å². The van der Waals surface area contributed by atoms with Gasteiger partial charge in [0, 0.05) is 13.1 Å². The van der Waals surface area contributed by atoms with E-state index in [0.717, 1.165) is 5.56 Å². The quantitative estimate of drug-likeness (QED) is 0.503. The van der Waals surface area contributed by atoms with Crippen molar-refractivity contribution in [3.63, 3.8) is 0 Å². The Morgan fingerprint density at radius 3 is 2.47 bits per heavy atom. The van der Waals surface area contributed by atoms with Crippen LogP contribution in [0, 0.1) is 5.82 Å². The predicted molar refractivity (Wildman–Crippen MR) is 98.1 cm³/mol. The first kappa shape index (κ1) is 21.4. The Bertz CT molecular complexity index is 1050. The monoisotopic (exact) mass is 426 g/mol. The number of ether oxygens (including phenoxy) is 1. The lowest BCUT2D eigenvalue weighted by atomic mass is 9.89. The van der Waals surface area contributed by atoms with Gasteiger partial charge in [0.15, 0.2) is 17.2 Å². The topological polar surface area (TPSA) is 108 Å². The molecule has 160 valence electrons. The summed E-state index contributed by atoms with van der Waals surface area (Å²) in [5, 5.41) is 10.7. The van der Waals surface area contributed by atoms with E-state index < -0.39 is 17.8 Å². The van der Waals surface area contributed by atoms with Crippen LogP contribution in [0.25, 0.3) is 5.65 Å². The SMILES string of the molecule is N.O=COc1ccc(C2CCN(c3ccc4nnc(C(F)(F)F)n4n3)CC2)cc1F. The summed E-state index contributed by atoms with van der Waals surface area (Å²) in [5.74, 6) is -1.44. The number of fused-ring (bicyclic) bond motifs is 1. The average Bonchev–Trinajstić information content (AvgIpc) is 3.13. The van der Waals surface area contributed by atoms with Gasteiger partial charge in [0.05, 0.1) is 0 Å². The molecule has 3 N–H and O–H groups in total. The van der Waals surface area contributed by atoms with Crippen LogP contribution in [-0.4, -0.2) is 39.4 Å². The van der Waals surface area contributed by atoms with Crippen LogP contribution >= 0.6 is 0 Å². The first-order valence-corrected chi connectivity index (χ1v) is 8.81. The Morgan fingerprint density at radius 1 is 1.10 bits per heavy atom. The minimum Gasteiger partial charge on any atom is -0.426 e. The number of hydrogen-bond acceptors (Lipinski definition) is 7. The Hall–Kier alpha value is -3.28. The van der Waals surface area contributed by atoms with Gasteiger partial charge in [-0.1, -0.05) is 6.07 Å². The maximum Gasteiger partial charge on any atom is 0.453 e. The second-order valence-electron chi connectivity index (χ2n) is 6.65. The molecule has 0 bridgehead atoms. The van der Waals surface area contributed by atoms with Crippen LogP contribution in [0.5, 0.6) is 5.75 Å². The number of halogens is 4. The summed E-state index contributed by atoms with van der Waals surface area (Å²) in [6.07, 6.45) is -3.31. The molecule has 3 aromatic rings. The first-order chi connectivity index (χ1) is 13.9. The van der Waals surface area contributed by atoms with E-state index in [0.29, 0.717) is 36.3 Å². The van der Waals surface area contributed by atoms with E-state index in [1.807, 2.05) is 4.90 Å². The molecule has 30 heavy (non-hydrogen) atoms. The third-order valence-electron chi connectivity index (χ3n) is 4.92. The van der Waals surface area contributed by atoms with Crippen molar-refractivity contribution in [3.8, 4) is 5.75 Å². The van der Waals surface area contributed by atoms with Crippen molar-refractivity contribution in [2.24, 2.45) is 0 Å². The number of aromatic nitrogens is 4. The molecule has 2 aromatic heterocycles. The molecule has 8 nitrogen and oxygen atoms in total. The average molecular weight is 426 g/mol. The molecular formula is C18H18F4N6O2. The van der Waals surface area contributed by atoms with Crippen LogP contribution < -0.4 is 15.8 Å². The third kappa shape index (κ3) is 4.03. The van der Waals surface area contributed by atoms with Gasteiger partial charge >= 0.3 is 6.18 Å². The van der Waals surface area contributed by atoms with Crippen molar-refractivity contribution >= 4 is 17.9 Å². The van der Waals surface area contributed by atoms with E-state index in [4.69, 9.17) is 0 Å². The van der Waals surface area contributed by atoms with Crippen molar-refractivity contribution in [3.05, 3.63) is 47.5 Å². The lowest BCUT2D eigenvalue weighted by molar-refractivity contribution is -0.146. The summed E-state index contributed by atoms with van der Waals surface area (Å²) in [7, 11) is 0. The van der Waals surface area contributed by atoms with Gasteiger partial charge < -0.3 is 15.8 Å². The zero-order valence-corrected chi connectivity index (χ0v) is 15.6. The molecule has 3 heterocycles. The van der Waals surface area contributed by atoms with E-state index in [2.05, 4.69) is 20.0 Å². The molecule has 0 aliphatic carbocycles. The van der Waals surface area contributed by atoms with E-state index in [1.54, 1.807) is 12.1 Å². The van der Waals surface area contributed by atoms with Gasteiger partial charge in [-0.25, -0.2) is 4.39 Å². The Labute approximate surface area is 168 Å². The minimum atomic E-state index is -4.65. The van der Waals surface area contributed by atoms with Crippen molar-refractivity contribution in [1.29, 1.82) is 0 Å². The summed E-state index contributed by atoms with van der Waals surface area (Å²) >= 11 is 0. The number of carbonyl (C=O) groups is 1. The highest BCUT2D eigenvalue weighted by atomic mass is 19.4. The number of benzene rings is 1. The number of carbonyl (C=O) groups excluding carboxylic acids is 1. The fourth-order valence-electron chi connectivity index (χ4n) is 3.48. The summed E-state index contributed by atoms with van der Waals surface area (Å²) in [6, 6.07) is 7.51. The highest BCUT2D eigenvalue weighted by Gasteiger charge is 2.38. The lowest BCUT2D eigenvalue weighted by Crippen LogP contribution is -2.34. The van der Waals surface area contributed by atoms with Crippen LogP contribution in [0.3, 0.4) is 0 Å². The maximum atomic E-state index is 14.0. The number of piperidine rings is 1. The highest BCUT2D eigenvalue weighted by molar-refractivity contribution is 5.47. The number of rotatable bonds is 4. The van der Waals surface area contributed by atoms with Crippen molar-refractivity contribution in [1.82, 2.24) is 26.0 Å². The van der Waals surface area contributed by atoms with Gasteiger partial charge in [-0.3, -0.25) is 4.79 Å². The molecule has 0 saturated carbocycles. The van der Waals surface area contributed by atoms with Gasteiger partial charge in [0.2, 0.25) is 0 Å². The summed E-state index contributed by atoms with van der Waals surface area (Å²) in [6.45, 7) is 1.25. The van der Waals surface area contributed by atoms with E-state index in [-0.39, 0.29) is 29.9 Å². The van der Waals surface area contributed by atoms with Gasteiger partial charge in [-0.15, -0.1) is 15.3 Å². The molecule has 1 saturated heterocycles. The molecule has 0 spiro atoms. The Kier molecular flexibility index (Phi) is 5.87. The molecule has 1 fully saturated rings. The maximum absolute atomic E-state index is 14.0. The molecule has 12 heteroatoms. The zero-order valence-electron chi connectivity index (χ0n) is 15.6. The molecule has 4 rings (SSSR count). The van der Waals surface area contributed by atoms with Crippen LogP contribution in [0.4, 0.5) is 23.4 Å². The number of nitrogens with zero attached hydrogens (tertiary/aromatic N) is 5. The second-order valence-corrected chi connectivity index (χ2v) is 6.65. The van der Waals surface area contributed by atoms with Crippen LogP contribution in [0.15, 0.2) is 30.3 Å². The summed E-state index contributed by atoms with van der Waals surface area (Å²) in [4.78, 5) is 12.2. The number of hydrogen-bond donors (Lipinski definition) is 1. The fourth-order valence-corrected chi connectivity index (χ4v) is 3.48. The largest absolute Gasteiger partial charge is 0.453 e. The molecule has 0 amide bonds. The fraction of sp³-hybridized carbons (Fsp3) is 0.333. The first-order valence-electron chi connectivity index (χ1n) is 8.81. The van der Waals surface area contributed by atoms with Gasteiger partial charge in [0.1, 0.15) is 5.82 Å². The molecule has 1 aliphatic rings. The van der Waals surface area contributed by atoms with E-state index in [1.165, 1.54) is 18.2 Å². The molecule has 0 atom stereocenters. The Morgan fingerprint density at radius 2 is 1.83 bits per heavy atom. The van der Waals surface area contributed by atoms with Crippen LogP contribution in [0.2, 0.25) is 0 Å². The van der Waals surface area contributed by atoms with Gasteiger partial charge in [-0.05, 0) is 48.6 Å². The Balaban J connectivity index is 0.00000256. The summed E-state index contributed by atoms with van der Waals surface area (Å²) < 4.78 is 58.3. The second kappa shape index (κ2) is 8.22. The van der Waals surface area contributed by atoms with Gasteiger partial charge in [-0.2, -0.15) is 17.7 Å². The smallest absolute Gasteiger partial charge is 0.426 e. The minimum absolute atomic E-state index is 0. The molecular weight excluding hydrogens is 408 g/mol. The van der Waals surface area contributed by atoms with E-state index >= 15 is 0 Å². The number of alkyl halides is 3. The lowest BCUT2D eigenvalue weighted by Gasteiger charge is -2.33. The van der Waals surface area contributed by atoms with Crippen molar-refractivity contribution in [2.45, 2.75) is 24.9 Å². The molecule has 1 aromatic carbocycles. The zero-order chi connectivity index (χ0) is 20.6. The highest BCUT2D eigenvalue weighted by Crippen LogP contribution is 2.33. The van der Waals surface area contributed by atoms with Crippen molar-refractivity contribution < 1.29 is 27.1 Å². The molecule has 0 unspecified atom stereocenters. The number of anilines is 1. The third-order valence-corrected chi connectivity index (χ3v) is 4.92. The predicted octanol–water partition coefficient (Wildman–Crippen LogP) is 3.36. The van der Waals surface area contributed by atoms with Crippen LogP contribution in [0.1, 0.15) is 30.1 Å². The summed E-state index contributed by atoms with van der Waals surface area (Å²) in [5.41, 5.74) is 0.797. The normalized spacial score (nSPS) is 15.1. The standard InChI is InChI=1S/C18H15F4N5O2.H3N/c19-13-9-12(1-2-14(13)29-10-28)11-5-7-26(8-6-11)16-4-3-15-23-24-17(18(20,21)22)27(15)25-16;/h1-4,9-11H,5-8H2;1H3. The van der Waals surface area contributed by atoms with E-state index in [9.17, 15) is 22.4 Å². The van der Waals surface area contributed by atoms with Crippen LogP contribution in [-0.2, 0) is 11.0 Å². The molecule has 1 aliphatic heterocycles. The van der Waals surface area contributed by atoms with Gasteiger partial charge in [0.25, 0.3) is 12.3 Å². The molecule has 0 radical (unpaired) electrons.